The fraction of sp³-hybridized carbons (Fsp3) is 0.167. The van der Waals surface area contributed by atoms with Crippen LogP contribution < -0.4 is 4.90 Å². The maximum absolute atomic E-state index is 13.2. The molecule has 1 fully saturated rings. The summed E-state index contributed by atoms with van der Waals surface area (Å²) >= 11 is 6.16. The van der Waals surface area contributed by atoms with Gasteiger partial charge in [0.1, 0.15) is 0 Å². The number of nitrogens with zero attached hydrogens (tertiary/aromatic N) is 4. The van der Waals surface area contributed by atoms with Crippen molar-refractivity contribution in [3.63, 3.8) is 0 Å². The minimum absolute atomic E-state index is 0.0876. The number of hydrogen-bond acceptors (Lipinski definition) is 3. The van der Waals surface area contributed by atoms with E-state index < -0.39 is 0 Å². The highest BCUT2D eigenvalue weighted by Crippen LogP contribution is 2.24. The standard InChI is InChI=1S/C24H21ClN4O/c25-19-7-4-8-20(17-19)29-12-11-26-24(29)28-15-13-27(14-16-28)23(30)22-10-3-6-18-5-1-2-9-21(18)22/h1-12,17H,13-16H2. The largest absolute Gasteiger partial charge is 0.338 e. The van der Waals surface area contributed by atoms with Crippen LogP contribution >= 0.6 is 11.6 Å². The van der Waals surface area contributed by atoms with Crippen molar-refractivity contribution in [2.24, 2.45) is 0 Å². The molecule has 1 aliphatic rings. The Bertz CT molecular complexity index is 1210. The first-order chi connectivity index (χ1) is 14.7. The summed E-state index contributed by atoms with van der Waals surface area (Å²) in [5.74, 6) is 0.958. The monoisotopic (exact) mass is 416 g/mol. The van der Waals surface area contributed by atoms with E-state index in [0.717, 1.165) is 41.1 Å². The van der Waals surface area contributed by atoms with E-state index in [1.54, 1.807) is 6.20 Å². The molecule has 0 radical (unpaired) electrons. The van der Waals surface area contributed by atoms with Gasteiger partial charge in [0.25, 0.3) is 5.91 Å². The Morgan fingerprint density at radius 1 is 0.900 bits per heavy atom. The Kier molecular flexibility index (Phi) is 4.89. The van der Waals surface area contributed by atoms with E-state index in [9.17, 15) is 4.79 Å². The molecule has 1 saturated heterocycles. The number of fused-ring (bicyclic) bond motifs is 1. The van der Waals surface area contributed by atoms with E-state index in [-0.39, 0.29) is 5.91 Å². The first-order valence-corrected chi connectivity index (χ1v) is 10.4. The van der Waals surface area contributed by atoms with E-state index in [0.29, 0.717) is 18.1 Å². The van der Waals surface area contributed by atoms with Crippen molar-refractivity contribution in [1.29, 1.82) is 0 Å². The second-order valence-electron chi connectivity index (χ2n) is 7.38. The van der Waals surface area contributed by atoms with Crippen LogP contribution in [0.2, 0.25) is 5.02 Å². The van der Waals surface area contributed by atoms with Gasteiger partial charge >= 0.3 is 0 Å². The number of aromatic nitrogens is 2. The molecule has 0 saturated carbocycles. The van der Waals surface area contributed by atoms with Crippen molar-refractivity contribution in [2.75, 3.05) is 31.1 Å². The molecule has 0 N–H and O–H groups in total. The third-order valence-corrected chi connectivity index (χ3v) is 5.81. The van der Waals surface area contributed by atoms with Crippen LogP contribution in [0.3, 0.4) is 0 Å². The van der Waals surface area contributed by atoms with E-state index in [2.05, 4.69) is 9.88 Å². The maximum atomic E-state index is 13.2. The van der Waals surface area contributed by atoms with E-state index >= 15 is 0 Å². The summed E-state index contributed by atoms with van der Waals surface area (Å²) < 4.78 is 2.04. The average Bonchev–Trinajstić information content (AvgIpc) is 3.28. The van der Waals surface area contributed by atoms with Crippen LogP contribution in [-0.4, -0.2) is 46.5 Å². The van der Waals surface area contributed by atoms with Gasteiger partial charge in [0.2, 0.25) is 5.95 Å². The second kappa shape index (κ2) is 7.84. The topological polar surface area (TPSA) is 41.4 Å². The fourth-order valence-corrected chi connectivity index (χ4v) is 4.23. The number of amides is 1. The van der Waals surface area contributed by atoms with Crippen molar-refractivity contribution < 1.29 is 4.79 Å². The van der Waals surface area contributed by atoms with Gasteiger partial charge in [-0.25, -0.2) is 4.98 Å². The van der Waals surface area contributed by atoms with Gasteiger partial charge in [-0.3, -0.25) is 9.36 Å². The Balaban J connectivity index is 1.34. The van der Waals surface area contributed by atoms with Gasteiger partial charge in [-0.05, 0) is 35.0 Å². The molecule has 6 heteroatoms. The molecule has 1 aromatic heterocycles. The third-order valence-electron chi connectivity index (χ3n) is 5.58. The van der Waals surface area contributed by atoms with Crippen molar-refractivity contribution >= 4 is 34.2 Å². The molecular weight excluding hydrogens is 396 g/mol. The van der Waals surface area contributed by atoms with Gasteiger partial charge < -0.3 is 9.80 Å². The van der Waals surface area contributed by atoms with Gasteiger partial charge in [0.15, 0.2) is 0 Å². The van der Waals surface area contributed by atoms with Gasteiger partial charge in [-0.1, -0.05) is 54.1 Å². The molecule has 1 amide bonds. The molecule has 30 heavy (non-hydrogen) atoms. The summed E-state index contributed by atoms with van der Waals surface area (Å²) in [5, 5.41) is 2.78. The van der Waals surface area contributed by atoms with Crippen LogP contribution in [0.1, 0.15) is 10.4 Å². The molecule has 5 nitrogen and oxygen atoms in total. The lowest BCUT2D eigenvalue weighted by molar-refractivity contribution is 0.0748. The minimum atomic E-state index is 0.0876. The molecule has 0 atom stereocenters. The zero-order chi connectivity index (χ0) is 20.5. The van der Waals surface area contributed by atoms with Gasteiger partial charge in [-0.2, -0.15) is 0 Å². The Morgan fingerprint density at radius 3 is 2.50 bits per heavy atom. The number of rotatable bonds is 3. The Hall–Kier alpha value is -3.31. The van der Waals surface area contributed by atoms with Crippen molar-refractivity contribution in [2.45, 2.75) is 0 Å². The molecule has 1 aliphatic heterocycles. The highest BCUT2D eigenvalue weighted by molar-refractivity contribution is 6.30. The Labute approximate surface area is 180 Å². The lowest BCUT2D eigenvalue weighted by Crippen LogP contribution is -2.49. The SMILES string of the molecule is O=C(c1cccc2ccccc12)N1CCN(c2nccn2-c2cccc(Cl)c2)CC1. The second-order valence-corrected chi connectivity index (χ2v) is 7.82. The van der Waals surface area contributed by atoms with Crippen LogP contribution in [0.25, 0.3) is 16.5 Å². The summed E-state index contributed by atoms with van der Waals surface area (Å²) in [6.45, 7) is 2.77. The fourth-order valence-electron chi connectivity index (χ4n) is 4.05. The summed E-state index contributed by atoms with van der Waals surface area (Å²) in [7, 11) is 0. The number of halogens is 1. The van der Waals surface area contributed by atoms with Crippen molar-refractivity contribution in [3.05, 3.63) is 89.7 Å². The lowest BCUT2D eigenvalue weighted by atomic mass is 10.0. The molecule has 4 aromatic rings. The smallest absolute Gasteiger partial charge is 0.254 e. The van der Waals surface area contributed by atoms with Gasteiger partial charge in [0.05, 0.1) is 0 Å². The number of carbonyl (C=O) groups is 1. The van der Waals surface area contributed by atoms with Crippen LogP contribution in [0, 0.1) is 0 Å². The number of imidazole rings is 1. The predicted octanol–water partition coefficient (Wildman–Crippen LogP) is 4.64. The Morgan fingerprint density at radius 2 is 1.67 bits per heavy atom. The van der Waals surface area contributed by atoms with Crippen LogP contribution in [0.5, 0.6) is 0 Å². The lowest BCUT2D eigenvalue weighted by Gasteiger charge is -2.35. The molecule has 3 aromatic carbocycles. The molecule has 0 bridgehead atoms. The number of carbonyl (C=O) groups excluding carboxylic acids is 1. The summed E-state index contributed by atoms with van der Waals surface area (Å²) in [4.78, 5) is 21.9. The van der Waals surface area contributed by atoms with Gasteiger partial charge in [0, 0.05) is 54.8 Å². The highest BCUT2D eigenvalue weighted by Gasteiger charge is 2.25. The normalized spacial score (nSPS) is 14.3. The molecule has 150 valence electrons. The molecule has 0 spiro atoms. The zero-order valence-electron chi connectivity index (χ0n) is 16.4. The molecule has 0 unspecified atom stereocenters. The first-order valence-electron chi connectivity index (χ1n) is 10.0. The molecular formula is C24H21ClN4O. The quantitative estimate of drug-likeness (QED) is 0.488. The molecule has 5 rings (SSSR count). The van der Waals surface area contributed by atoms with Crippen LogP contribution in [-0.2, 0) is 0 Å². The highest BCUT2D eigenvalue weighted by atomic mass is 35.5. The van der Waals surface area contributed by atoms with Crippen LogP contribution in [0.15, 0.2) is 79.1 Å². The van der Waals surface area contributed by atoms with Crippen molar-refractivity contribution in [3.8, 4) is 5.69 Å². The van der Waals surface area contributed by atoms with Crippen molar-refractivity contribution in [1.82, 2.24) is 14.5 Å². The predicted molar refractivity (Wildman–Crippen MR) is 121 cm³/mol. The van der Waals surface area contributed by atoms with Crippen LogP contribution in [0.4, 0.5) is 5.95 Å². The molecule has 2 heterocycles. The summed E-state index contributed by atoms with van der Waals surface area (Å²) in [6, 6.07) is 21.7. The number of piperazine rings is 1. The van der Waals surface area contributed by atoms with E-state index in [1.165, 1.54) is 0 Å². The first kappa shape index (κ1) is 18.7. The molecule has 0 aliphatic carbocycles. The maximum Gasteiger partial charge on any atom is 0.254 e. The summed E-state index contributed by atoms with van der Waals surface area (Å²) in [5.41, 5.74) is 1.74. The average molecular weight is 417 g/mol. The zero-order valence-corrected chi connectivity index (χ0v) is 17.2. The van der Waals surface area contributed by atoms with E-state index in [4.69, 9.17) is 11.6 Å². The number of benzene rings is 3. The number of anilines is 1. The van der Waals surface area contributed by atoms with Gasteiger partial charge in [-0.15, -0.1) is 0 Å². The van der Waals surface area contributed by atoms with E-state index in [1.807, 2.05) is 82.4 Å². The summed E-state index contributed by atoms with van der Waals surface area (Å²) in [6.07, 6.45) is 3.73. The number of hydrogen-bond donors (Lipinski definition) is 0. The minimum Gasteiger partial charge on any atom is -0.338 e. The third kappa shape index (κ3) is 3.42.